The second-order valence-corrected chi connectivity index (χ2v) is 5.31. The molecule has 98 valence electrons. The Kier molecular flexibility index (Phi) is 5.08. The van der Waals surface area contributed by atoms with Crippen molar-refractivity contribution in [3.63, 3.8) is 0 Å². The van der Waals surface area contributed by atoms with E-state index in [-0.39, 0.29) is 5.97 Å². The Morgan fingerprint density at radius 1 is 1.50 bits per heavy atom. The molecule has 1 aromatic rings. The Morgan fingerprint density at radius 3 is 3.17 bits per heavy atom. The van der Waals surface area contributed by atoms with Gasteiger partial charge in [0, 0.05) is 24.1 Å². The summed E-state index contributed by atoms with van der Waals surface area (Å²) in [5.41, 5.74) is 2.78. The van der Waals surface area contributed by atoms with Crippen LogP contribution >= 0.6 is 11.8 Å². The molecule has 0 aromatic heterocycles. The van der Waals surface area contributed by atoms with Gasteiger partial charge in [-0.3, -0.25) is 4.79 Å². The van der Waals surface area contributed by atoms with Crippen LogP contribution in [0.25, 0.3) is 0 Å². The van der Waals surface area contributed by atoms with Gasteiger partial charge in [0.25, 0.3) is 0 Å². The highest BCUT2D eigenvalue weighted by Gasteiger charge is 2.19. The smallest absolute Gasteiger partial charge is 0.307 e. The van der Waals surface area contributed by atoms with Gasteiger partial charge >= 0.3 is 5.97 Å². The maximum absolute atomic E-state index is 11.3. The Hall–Kier alpha value is -1.00. The summed E-state index contributed by atoms with van der Waals surface area (Å²) < 4.78 is 4.92. The van der Waals surface area contributed by atoms with Crippen LogP contribution in [0, 0.1) is 0 Å². The van der Waals surface area contributed by atoms with Gasteiger partial charge in [0.1, 0.15) is 0 Å². The van der Waals surface area contributed by atoms with E-state index in [1.165, 1.54) is 11.1 Å². The predicted molar refractivity (Wildman–Crippen MR) is 74.6 cm³/mol. The van der Waals surface area contributed by atoms with Crippen molar-refractivity contribution >= 4 is 17.7 Å². The zero-order valence-corrected chi connectivity index (χ0v) is 11.5. The minimum atomic E-state index is -0.123. The van der Waals surface area contributed by atoms with Gasteiger partial charge in [-0.15, -0.1) is 0 Å². The monoisotopic (exact) mass is 265 g/mol. The van der Waals surface area contributed by atoms with Gasteiger partial charge in [0.05, 0.1) is 13.0 Å². The van der Waals surface area contributed by atoms with Crippen LogP contribution in [0.2, 0.25) is 0 Å². The van der Waals surface area contributed by atoms with Crippen molar-refractivity contribution in [3.8, 4) is 0 Å². The molecule has 1 aliphatic heterocycles. The van der Waals surface area contributed by atoms with Crippen molar-refractivity contribution in [1.82, 2.24) is 5.32 Å². The van der Waals surface area contributed by atoms with E-state index in [4.69, 9.17) is 4.74 Å². The molecule has 0 spiro atoms. The quantitative estimate of drug-likeness (QED) is 0.830. The molecule has 0 aliphatic carbocycles. The molecule has 1 heterocycles. The normalized spacial score (nSPS) is 18.2. The third kappa shape index (κ3) is 3.50. The lowest BCUT2D eigenvalue weighted by Crippen LogP contribution is -2.28. The molecule has 1 N–H and O–H groups in total. The topological polar surface area (TPSA) is 38.3 Å². The van der Waals surface area contributed by atoms with Crippen LogP contribution in [0.3, 0.4) is 0 Å². The number of benzene rings is 1. The number of esters is 1. The second-order valence-electron chi connectivity index (χ2n) is 4.28. The summed E-state index contributed by atoms with van der Waals surface area (Å²) in [5, 5.41) is 3.45. The zero-order chi connectivity index (χ0) is 12.8. The van der Waals surface area contributed by atoms with E-state index >= 15 is 0 Å². The molecule has 0 radical (unpaired) electrons. The maximum atomic E-state index is 11.3. The minimum Gasteiger partial charge on any atom is -0.466 e. The number of thioether (sulfide) groups is 1. The lowest BCUT2D eigenvalue weighted by molar-refractivity contribution is -0.142. The van der Waals surface area contributed by atoms with Gasteiger partial charge < -0.3 is 10.1 Å². The standard InChI is InChI=1S/C14H19NO2S/c1-2-17-14(16)7-8-15-13-10-18-9-11-5-3-4-6-12(11)13/h3-6,13,15H,2,7-10H2,1H3. The van der Waals surface area contributed by atoms with Gasteiger partial charge in [-0.25, -0.2) is 0 Å². The van der Waals surface area contributed by atoms with Crippen molar-refractivity contribution in [2.24, 2.45) is 0 Å². The average molecular weight is 265 g/mol. The van der Waals surface area contributed by atoms with Crippen LogP contribution in [0.4, 0.5) is 0 Å². The van der Waals surface area contributed by atoms with Crippen molar-refractivity contribution in [2.45, 2.75) is 25.1 Å². The fourth-order valence-electron chi connectivity index (χ4n) is 2.13. The van der Waals surface area contributed by atoms with Crippen LogP contribution in [0.15, 0.2) is 24.3 Å². The molecule has 1 unspecified atom stereocenters. The van der Waals surface area contributed by atoms with Gasteiger partial charge in [-0.2, -0.15) is 11.8 Å². The van der Waals surface area contributed by atoms with E-state index in [9.17, 15) is 4.79 Å². The van der Waals surface area contributed by atoms with Gasteiger partial charge in [0.15, 0.2) is 0 Å². The highest BCUT2D eigenvalue weighted by molar-refractivity contribution is 7.98. The number of carbonyl (C=O) groups excluding carboxylic acids is 1. The second kappa shape index (κ2) is 6.81. The fourth-order valence-corrected chi connectivity index (χ4v) is 3.27. The van der Waals surface area contributed by atoms with Crippen molar-refractivity contribution in [1.29, 1.82) is 0 Å². The minimum absolute atomic E-state index is 0.123. The van der Waals surface area contributed by atoms with Crippen LogP contribution in [0.1, 0.15) is 30.5 Å². The maximum Gasteiger partial charge on any atom is 0.307 e. The van der Waals surface area contributed by atoms with Gasteiger partial charge in [0.2, 0.25) is 0 Å². The summed E-state index contributed by atoms with van der Waals surface area (Å²) in [4.78, 5) is 11.3. The molecule has 0 fully saturated rings. The summed E-state index contributed by atoms with van der Waals surface area (Å²) in [6, 6.07) is 8.88. The highest BCUT2D eigenvalue weighted by Crippen LogP contribution is 2.31. The van der Waals surface area contributed by atoms with Gasteiger partial charge in [-0.05, 0) is 18.1 Å². The number of rotatable bonds is 5. The van der Waals surface area contributed by atoms with Crippen LogP contribution in [-0.2, 0) is 15.3 Å². The third-order valence-electron chi connectivity index (χ3n) is 3.00. The molecule has 1 aromatic carbocycles. The van der Waals surface area contributed by atoms with Crippen molar-refractivity contribution < 1.29 is 9.53 Å². The molecule has 0 saturated carbocycles. The van der Waals surface area contributed by atoms with E-state index < -0.39 is 0 Å². The first kappa shape index (κ1) is 13.4. The first-order chi connectivity index (χ1) is 8.81. The fraction of sp³-hybridized carbons (Fsp3) is 0.500. The molecular weight excluding hydrogens is 246 g/mol. The Balaban J connectivity index is 1.86. The van der Waals surface area contributed by atoms with E-state index in [2.05, 4.69) is 29.6 Å². The molecular formula is C14H19NO2S. The molecule has 1 atom stereocenters. The Labute approximate surface area is 112 Å². The van der Waals surface area contributed by atoms with E-state index in [1.54, 1.807) is 0 Å². The number of hydrogen-bond acceptors (Lipinski definition) is 4. The summed E-state index contributed by atoms with van der Waals surface area (Å²) in [7, 11) is 0. The number of nitrogens with one attached hydrogen (secondary N) is 1. The summed E-state index contributed by atoms with van der Waals surface area (Å²) in [5.74, 6) is 2.04. The Bertz CT molecular complexity index is 409. The SMILES string of the molecule is CCOC(=O)CCNC1CSCc2ccccc21. The number of carbonyl (C=O) groups is 1. The molecule has 2 rings (SSSR count). The molecule has 18 heavy (non-hydrogen) atoms. The van der Waals surface area contributed by atoms with Gasteiger partial charge in [-0.1, -0.05) is 24.3 Å². The molecule has 0 saturated heterocycles. The third-order valence-corrected chi connectivity index (χ3v) is 4.08. The van der Waals surface area contributed by atoms with Crippen LogP contribution in [-0.4, -0.2) is 24.9 Å². The predicted octanol–water partition coefficient (Wildman–Crippen LogP) is 2.52. The first-order valence-corrected chi connectivity index (χ1v) is 7.51. The lowest BCUT2D eigenvalue weighted by Gasteiger charge is -2.26. The average Bonchev–Trinajstić information content (AvgIpc) is 2.39. The van der Waals surface area contributed by atoms with Crippen molar-refractivity contribution in [2.75, 3.05) is 18.9 Å². The number of fused-ring (bicyclic) bond motifs is 1. The van der Waals surface area contributed by atoms with Crippen LogP contribution < -0.4 is 5.32 Å². The van der Waals surface area contributed by atoms with Crippen molar-refractivity contribution in [3.05, 3.63) is 35.4 Å². The summed E-state index contributed by atoms with van der Waals surface area (Å²) in [6.45, 7) is 2.97. The molecule has 1 aliphatic rings. The summed E-state index contributed by atoms with van der Waals surface area (Å²) in [6.07, 6.45) is 0.442. The summed E-state index contributed by atoms with van der Waals surface area (Å²) >= 11 is 1.94. The molecule has 0 amide bonds. The largest absolute Gasteiger partial charge is 0.466 e. The zero-order valence-electron chi connectivity index (χ0n) is 10.6. The number of hydrogen-bond donors (Lipinski definition) is 1. The Morgan fingerprint density at radius 2 is 2.33 bits per heavy atom. The van der Waals surface area contributed by atoms with Crippen LogP contribution in [0.5, 0.6) is 0 Å². The number of ether oxygens (including phenoxy) is 1. The van der Waals surface area contributed by atoms with E-state index in [1.807, 2.05) is 18.7 Å². The lowest BCUT2D eigenvalue weighted by atomic mass is 10.0. The molecule has 4 heteroatoms. The van der Waals surface area contributed by atoms with E-state index in [0.717, 1.165) is 11.5 Å². The highest BCUT2D eigenvalue weighted by atomic mass is 32.2. The molecule has 0 bridgehead atoms. The molecule has 3 nitrogen and oxygen atoms in total. The van der Waals surface area contributed by atoms with E-state index in [0.29, 0.717) is 25.6 Å². The first-order valence-electron chi connectivity index (χ1n) is 6.35.